The topological polar surface area (TPSA) is 105 Å². The molecule has 130 valence electrons. The van der Waals surface area contributed by atoms with Gasteiger partial charge in [-0.15, -0.1) is 0 Å². The molecule has 0 bridgehead atoms. The lowest BCUT2D eigenvalue weighted by atomic mass is 9.78. The van der Waals surface area contributed by atoms with Crippen molar-refractivity contribution in [3.8, 4) is 6.07 Å². The number of carbonyl (C=O) groups is 3. The summed E-state index contributed by atoms with van der Waals surface area (Å²) in [6.45, 7) is 0. The average molecular weight is 360 g/mol. The van der Waals surface area contributed by atoms with Gasteiger partial charge in [-0.25, -0.2) is 0 Å². The Balaban J connectivity index is 2.51. The Kier molecular flexibility index (Phi) is 6.19. The fraction of sp³-hybridized carbons (Fsp3) is 0.294. The van der Waals surface area contributed by atoms with Gasteiger partial charge in [0.05, 0.1) is 36.6 Å². The molecule has 1 aliphatic heterocycles. The monoisotopic (exact) mass is 360 g/mol. The first kappa shape index (κ1) is 18.5. The second-order valence-corrected chi connectivity index (χ2v) is 6.08. The number of nitrogens with one attached hydrogen (secondary N) is 1. The number of nitrogens with zero attached hydrogens (tertiary/aromatic N) is 1. The summed E-state index contributed by atoms with van der Waals surface area (Å²) in [6.07, 6.45) is 0. The summed E-state index contributed by atoms with van der Waals surface area (Å²) in [4.78, 5) is 36.0. The van der Waals surface area contributed by atoms with Gasteiger partial charge in [-0.05, 0) is 5.56 Å². The highest BCUT2D eigenvalue weighted by molar-refractivity contribution is 8.03. The zero-order valence-electron chi connectivity index (χ0n) is 13.6. The summed E-state index contributed by atoms with van der Waals surface area (Å²) < 4.78 is 9.32. The molecule has 1 amide bonds. The van der Waals surface area contributed by atoms with Crippen molar-refractivity contribution in [1.29, 1.82) is 5.26 Å². The van der Waals surface area contributed by atoms with Crippen molar-refractivity contribution in [3.63, 3.8) is 0 Å². The van der Waals surface area contributed by atoms with Crippen LogP contribution in [0.25, 0.3) is 0 Å². The van der Waals surface area contributed by atoms with E-state index in [0.717, 1.165) is 11.8 Å². The minimum absolute atomic E-state index is 0.0678. The number of nitriles is 1. The Morgan fingerprint density at radius 2 is 1.92 bits per heavy atom. The minimum atomic E-state index is -1.18. The van der Waals surface area contributed by atoms with E-state index in [9.17, 15) is 19.6 Å². The quantitative estimate of drug-likeness (QED) is 0.624. The number of hydrogen-bond acceptors (Lipinski definition) is 7. The number of amides is 1. The first-order valence-electron chi connectivity index (χ1n) is 7.31. The highest BCUT2D eigenvalue weighted by atomic mass is 32.2. The standard InChI is InChI=1S/C17H16N2O5S/c1-23-12(20)9-25-16-11(8-18)13(10-6-4-3-5-7-10)14(15(21)19-16)17(22)24-2/h3-7,13-14H,9H2,1-2H3,(H,19,21)/t13-,14+/m1/s1. The molecule has 7 nitrogen and oxygen atoms in total. The summed E-state index contributed by atoms with van der Waals surface area (Å²) in [6, 6.07) is 10.8. The number of esters is 2. The van der Waals surface area contributed by atoms with Gasteiger partial charge in [0.15, 0.2) is 0 Å². The Morgan fingerprint density at radius 1 is 1.24 bits per heavy atom. The maximum atomic E-state index is 12.5. The van der Waals surface area contributed by atoms with E-state index < -0.39 is 29.7 Å². The zero-order chi connectivity index (χ0) is 18.4. The third-order valence-corrected chi connectivity index (χ3v) is 4.70. The van der Waals surface area contributed by atoms with Gasteiger partial charge in [0.1, 0.15) is 5.92 Å². The first-order valence-corrected chi connectivity index (χ1v) is 8.29. The molecule has 0 fully saturated rings. The number of ether oxygens (including phenoxy) is 2. The molecule has 0 saturated heterocycles. The summed E-state index contributed by atoms with van der Waals surface area (Å²) >= 11 is 0.985. The van der Waals surface area contributed by atoms with Gasteiger partial charge < -0.3 is 14.8 Å². The van der Waals surface area contributed by atoms with Crippen LogP contribution < -0.4 is 5.32 Å². The summed E-state index contributed by atoms with van der Waals surface area (Å²) in [5.74, 6) is -3.82. The summed E-state index contributed by atoms with van der Waals surface area (Å²) in [5, 5.41) is 12.4. The highest BCUT2D eigenvalue weighted by Gasteiger charge is 2.44. The average Bonchev–Trinajstić information content (AvgIpc) is 2.65. The van der Waals surface area contributed by atoms with Crippen LogP contribution in [0.15, 0.2) is 40.9 Å². The van der Waals surface area contributed by atoms with Crippen LogP contribution in [0.4, 0.5) is 0 Å². The second kappa shape index (κ2) is 8.35. The smallest absolute Gasteiger partial charge is 0.319 e. The lowest BCUT2D eigenvalue weighted by Crippen LogP contribution is -2.44. The van der Waals surface area contributed by atoms with Crippen LogP contribution in [0.3, 0.4) is 0 Å². The molecule has 1 aliphatic rings. The highest BCUT2D eigenvalue weighted by Crippen LogP contribution is 2.39. The molecule has 0 spiro atoms. The van der Waals surface area contributed by atoms with E-state index in [-0.39, 0.29) is 16.4 Å². The van der Waals surface area contributed by atoms with Gasteiger partial charge in [-0.1, -0.05) is 42.1 Å². The van der Waals surface area contributed by atoms with Crippen molar-refractivity contribution in [2.45, 2.75) is 5.92 Å². The molecular formula is C17H16N2O5S. The predicted octanol–water partition coefficient (Wildman–Crippen LogP) is 1.33. The van der Waals surface area contributed by atoms with Crippen LogP contribution in [0.1, 0.15) is 11.5 Å². The molecule has 0 unspecified atom stereocenters. The number of methoxy groups -OCH3 is 2. The molecule has 1 N–H and O–H groups in total. The fourth-order valence-electron chi connectivity index (χ4n) is 2.53. The van der Waals surface area contributed by atoms with Crippen LogP contribution >= 0.6 is 11.8 Å². The van der Waals surface area contributed by atoms with Crippen molar-refractivity contribution in [1.82, 2.24) is 5.32 Å². The SMILES string of the molecule is COC(=O)CSC1=C(C#N)[C@@H](c2ccccc2)[C@H](C(=O)OC)C(=O)N1. The molecule has 0 radical (unpaired) electrons. The van der Waals surface area contributed by atoms with E-state index in [1.807, 2.05) is 0 Å². The Labute approximate surface area is 149 Å². The van der Waals surface area contributed by atoms with Crippen LogP contribution in [-0.2, 0) is 23.9 Å². The van der Waals surface area contributed by atoms with E-state index in [1.54, 1.807) is 30.3 Å². The number of hydrogen-bond donors (Lipinski definition) is 1. The van der Waals surface area contributed by atoms with E-state index in [2.05, 4.69) is 16.1 Å². The molecule has 8 heteroatoms. The Hall–Kier alpha value is -2.79. The molecule has 1 aromatic carbocycles. The lowest BCUT2D eigenvalue weighted by molar-refractivity contribution is -0.150. The molecule has 25 heavy (non-hydrogen) atoms. The Morgan fingerprint density at radius 3 is 2.48 bits per heavy atom. The van der Waals surface area contributed by atoms with Gasteiger partial charge in [0.25, 0.3) is 0 Å². The van der Waals surface area contributed by atoms with Crippen LogP contribution in [0.2, 0.25) is 0 Å². The molecule has 1 aromatic rings. The normalized spacial score (nSPS) is 19.6. The number of thioether (sulfide) groups is 1. The maximum Gasteiger partial charge on any atom is 0.319 e. The van der Waals surface area contributed by atoms with Gasteiger partial charge in [-0.3, -0.25) is 14.4 Å². The molecule has 0 aromatic heterocycles. The number of allylic oxidation sites excluding steroid dienone is 1. The lowest BCUT2D eigenvalue weighted by Gasteiger charge is -2.30. The van der Waals surface area contributed by atoms with E-state index >= 15 is 0 Å². The third-order valence-electron chi connectivity index (χ3n) is 3.70. The van der Waals surface area contributed by atoms with Crippen LogP contribution in [0.5, 0.6) is 0 Å². The van der Waals surface area contributed by atoms with Gasteiger partial charge in [0, 0.05) is 5.92 Å². The maximum absolute atomic E-state index is 12.5. The Bertz CT molecular complexity index is 754. The first-order chi connectivity index (χ1) is 12.0. The number of carbonyl (C=O) groups excluding carboxylic acids is 3. The molecule has 2 rings (SSSR count). The van der Waals surface area contributed by atoms with Gasteiger partial charge in [0.2, 0.25) is 5.91 Å². The molecule has 0 saturated carbocycles. The van der Waals surface area contributed by atoms with E-state index in [1.165, 1.54) is 14.2 Å². The number of benzene rings is 1. The van der Waals surface area contributed by atoms with Crippen molar-refractivity contribution in [2.24, 2.45) is 5.92 Å². The van der Waals surface area contributed by atoms with Crippen LogP contribution in [-0.4, -0.2) is 37.8 Å². The largest absolute Gasteiger partial charge is 0.468 e. The molecule has 0 aliphatic carbocycles. The predicted molar refractivity (Wildman–Crippen MR) is 89.9 cm³/mol. The minimum Gasteiger partial charge on any atom is -0.468 e. The van der Waals surface area contributed by atoms with Crippen molar-refractivity contribution >= 4 is 29.6 Å². The fourth-order valence-corrected chi connectivity index (χ4v) is 3.41. The van der Waals surface area contributed by atoms with Crippen molar-refractivity contribution < 1.29 is 23.9 Å². The molecule has 1 heterocycles. The van der Waals surface area contributed by atoms with Crippen LogP contribution in [0, 0.1) is 17.2 Å². The molecule has 2 atom stereocenters. The zero-order valence-corrected chi connectivity index (χ0v) is 14.5. The third kappa shape index (κ3) is 4.00. The van der Waals surface area contributed by atoms with Crippen molar-refractivity contribution in [3.05, 3.63) is 46.5 Å². The number of rotatable bonds is 5. The van der Waals surface area contributed by atoms with E-state index in [0.29, 0.717) is 5.56 Å². The van der Waals surface area contributed by atoms with Gasteiger partial charge >= 0.3 is 11.9 Å². The summed E-state index contributed by atoms with van der Waals surface area (Å²) in [5.41, 5.74) is 0.843. The summed E-state index contributed by atoms with van der Waals surface area (Å²) in [7, 11) is 2.44. The second-order valence-electron chi connectivity index (χ2n) is 5.10. The molecular weight excluding hydrogens is 344 g/mol. The van der Waals surface area contributed by atoms with Gasteiger partial charge in [-0.2, -0.15) is 5.26 Å². The van der Waals surface area contributed by atoms with Crippen molar-refractivity contribution in [2.75, 3.05) is 20.0 Å². The van der Waals surface area contributed by atoms with E-state index in [4.69, 9.17) is 4.74 Å².